The van der Waals surface area contributed by atoms with Gasteiger partial charge in [-0.15, -0.1) is 0 Å². The number of rotatable bonds is 3. The van der Waals surface area contributed by atoms with Gasteiger partial charge in [-0.05, 0) is 30.9 Å². The third-order valence-electron chi connectivity index (χ3n) is 3.62. The van der Waals surface area contributed by atoms with Crippen LogP contribution >= 0.6 is 0 Å². The third-order valence-corrected chi connectivity index (χ3v) is 3.62. The Bertz CT molecular complexity index is 645. The van der Waals surface area contributed by atoms with Crippen molar-refractivity contribution in [2.45, 2.75) is 39.0 Å². The molecule has 1 saturated carbocycles. The molecule has 0 atom stereocenters. The molecule has 0 radical (unpaired) electrons. The summed E-state index contributed by atoms with van der Waals surface area (Å²) < 4.78 is 19.7. The van der Waals surface area contributed by atoms with Crippen LogP contribution in [0.2, 0.25) is 0 Å². The Labute approximate surface area is 118 Å². The van der Waals surface area contributed by atoms with E-state index in [0.29, 0.717) is 23.7 Å². The van der Waals surface area contributed by atoms with Gasteiger partial charge in [0.25, 0.3) is 0 Å². The maximum absolute atomic E-state index is 14.0. The Balaban J connectivity index is 2.10. The average Bonchev–Trinajstić information content (AvgIpc) is 3.19. The second kappa shape index (κ2) is 4.69. The molecular weight excluding hydrogens is 255 g/mol. The van der Waals surface area contributed by atoms with Crippen molar-refractivity contribution in [3.63, 3.8) is 0 Å². The smallest absolute Gasteiger partial charge is 0.165 e. The monoisotopic (exact) mass is 274 g/mol. The SMILES string of the molecule is CC(C)(C)c1nncc2c(OCC3CC3)c(F)ccc12. The molecule has 0 saturated heterocycles. The topological polar surface area (TPSA) is 35.0 Å². The van der Waals surface area contributed by atoms with Crippen LogP contribution in [0.4, 0.5) is 4.39 Å². The molecule has 0 amide bonds. The lowest BCUT2D eigenvalue weighted by Gasteiger charge is -2.20. The highest BCUT2D eigenvalue weighted by atomic mass is 19.1. The van der Waals surface area contributed by atoms with Gasteiger partial charge in [-0.2, -0.15) is 10.2 Å². The zero-order chi connectivity index (χ0) is 14.3. The maximum Gasteiger partial charge on any atom is 0.165 e. The summed E-state index contributed by atoms with van der Waals surface area (Å²) in [5, 5.41) is 9.89. The Hall–Kier alpha value is -1.71. The number of halogens is 1. The van der Waals surface area contributed by atoms with Crippen molar-refractivity contribution in [2.75, 3.05) is 6.61 Å². The van der Waals surface area contributed by atoms with E-state index < -0.39 is 0 Å². The molecule has 3 rings (SSSR count). The highest BCUT2D eigenvalue weighted by Crippen LogP contribution is 2.35. The van der Waals surface area contributed by atoms with Gasteiger partial charge < -0.3 is 4.74 Å². The fourth-order valence-corrected chi connectivity index (χ4v) is 2.29. The summed E-state index contributed by atoms with van der Waals surface area (Å²) in [5.74, 6) is 0.572. The summed E-state index contributed by atoms with van der Waals surface area (Å²) in [7, 11) is 0. The predicted octanol–water partition coefficient (Wildman–Crippen LogP) is 3.86. The van der Waals surface area contributed by atoms with Crippen LogP contribution in [0.3, 0.4) is 0 Å². The standard InChI is InChI=1S/C16H19FN2O/c1-16(2,3)15-11-6-7-13(17)14(12(11)8-18-19-15)20-9-10-4-5-10/h6-8,10H,4-5,9H2,1-3H3. The molecule has 1 heterocycles. The third kappa shape index (κ3) is 2.47. The second-order valence-corrected chi connectivity index (χ2v) is 6.54. The van der Waals surface area contributed by atoms with Crippen molar-refractivity contribution in [3.05, 3.63) is 29.8 Å². The van der Waals surface area contributed by atoms with E-state index in [-0.39, 0.29) is 11.2 Å². The van der Waals surface area contributed by atoms with Crippen LogP contribution in [0.5, 0.6) is 5.75 Å². The molecule has 1 aliphatic carbocycles. The van der Waals surface area contributed by atoms with Crippen LogP contribution < -0.4 is 4.74 Å². The molecule has 0 spiro atoms. The van der Waals surface area contributed by atoms with Crippen molar-refractivity contribution in [3.8, 4) is 5.75 Å². The molecule has 20 heavy (non-hydrogen) atoms. The van der Waals surface area contributed by atoms with Gasteiger partial charge in [0.15, 0.2) is 11.6 Å². The second-order valence-electron chi connectivity index (χ2n) is 6.54. The lowest BCUT2D eigenvalue weighted by Crippen LogP contribution is -2.15. The van der Waals surface area contributed by atoms with Gasteiger partial charge in [0.1, 0.15) is 0 Å². The fourth-order valence-electron chi connectivity index (χ4n) is 2.29. The van der Waals surface area contributed by atoms with E-state index >= 15 is 0 Å². The van der Waals surface area contributed by atoms with Gasteiger partial charge in [-0.1, -0.05) is 20.8 Å². The molecule has 0 bridgehead atoms. The van der Waals surface area contributed by atoms with E-state index in [2.05, 4.69) is 31.0 Å². The first-order chi connectivity index (χ1) is 9.47. The minimum Gasteiger partial charge on any atom is -0.490 e. The van der Waals surface area contributed by atoms with Crippen molar-refractivity contribution in [1.29, 1.82) is 0 Å². The summed E-state index contributed by atoms with van der Waals surface area (Å²) in [6.07, 6.45) is 3.95. The minimum atomic E-state index is -0.328. The Kier molecular flexibility index (Phi) is 3.11. The highest BCUT2D eigenvalue weighted by molar-refractivity contribution is 5.90. The van der Waals surface area contributed by atoms with Gasteiger partial charge in [0, 0.05) is 16.2 Å². The molecule has 0 unspecified atom stereocenters. The number of hydrogen-bond acceptors (Lipinski definition) is 3. The number of benzene rings is 1. The summed E-state index contributed by atoms with van der Waals surface area (Å²) in [4.78, 5) is 0. The number of hydrogen-bond donors (Lipinski definition) is 0. The van der Waals surface area contributed by atoms with E-state index in [1.165, 1.54) is 18.9 Å². The molecule has 4 heteroatoms. The predicted molar refractivity (Wildman–Crippen MR) is 76.4 cm³/mol. The van der Waals surface area contributed by atoms with E-state index in [4.69, 9.17) is 4.74 Å². The zero-order valence-electron chi connectivity index (χ0n) is 12.1. The summed E-state index contributed by atoms with van der Waals surface area (Å²) in [5.41, 5.74) is 0.726. The molecular formula is C16H19FN2O. The Morgan fingerprint density at radius 3 is 2.65 bits per heavy atom. The van der Waals surface area contributed by atoms with E-state index in [1.54, 1.807) is 12.3 Å². The van der Waals surface area contributed by atoms with Crippen LogP contribution in [-0.4, -0.2) is 16.8 Å². The number of nitrogens with zero attached hydrogens (tertiary/aromatic N) is 2. The average molecular weight is 274 g/mol. The molecule has 1 aromatic heterocycles. The Morgan fingerprint density at radius 1 is 1.25 bits per heavy atom. The van der Waals surface area contributed by atoms with E-state index in [0.717, 1.165) is 11.1 Å². The van der Waals surface area contributed by atoms with Gasteiger partial charge in [0.05, 0.1) is 18.5 Å². The lowest BCUT2D eigenvalue weighted by molar-refractivity contribution is 0.289. The van der Waals surface area contributed by atoms with Crippen LogP contribution in [-0.2, 0) is 5.41 Å². The molecule has 0 N–H and O–H groups in total. The van der Waals surface area contributed by atoms with Gasteiger partial charge in [-0.3, -0.25) is 0 Å². The number of fused-ring (bicyclic) bond motifs is 1. The van der Waals surface area contributed by atoms with Crippen LogP contribution in [0.15, 0.2) is 18.3 Å². The molecule has 1 aliphatic rings. The molecule has 2 aromatic rings. The minimum absolute atomic E-state index is 0.141. The van der Waals surface area contributed by atoms with E-state index in [9.17, 15) is 4.39 Å². The number of ether oxygens (including phenoxy) is 1. The fraction of sp³-hybridized carbons (Fsp3) is 0.500. The largest absolute Gasteiger partial charge is 0.490 e. The first-order valence-electron chi connectivity index (χ1n) is 7.04. The molecule has 1 aromatic carbocycles. The zero-order valence-corrected chi connectivity index (χ0v) is 12.1. The molecule has 3 nitrogen and oxygen atoms in total. The number of aromatic nitrogens is 2. The summed E-state index contributed by atoms with van der Waals surface area (Å²) >= 11 is 0. The van der Waals surface area contributed by atoms with Crippen molar-refractivity contribution in [1.82, 2.24) is 10.2 Å². The summed E-state index contributed by atoms with van der Waals surface area (Å²) in [6, 6.07) is 3.23. The normalized spacial score (nSPS) is 15.6. The molecule has 1 fully saturated rings. The molecule has 0 aliphatic heterocycles. The summed E-state index contributed by atoms with van der Waals surface area (Å²) in [6.45, 7) is 6.81. The van der Waals surface area contributed by atoms with Crippen molar-refractivity contribution < 1.29 is 9.13 Å². The maximum atomic E-state index is 14.0. The van der Waals surface area contributed by atoms with Gasteiger partial charge in [-0.25, -0.2) is 4.39 Å². The van der Waals surface area contributed by atoms with Crippen molar-refractivity contribution >= 4 is 10.8 Å². The first kappa shape index (κ1) is 13.3. The van der Waals surface area contributed by atoms with Crippen molar-refractivity contribution in [2.24, 2.45) is 5.92 Å². The van der Waals surface area contributed by atoms with Crippen LogP contribution in [0, 0.1) is 11.7 Å². The van der Waals surface area contributed by atoms with Crippen LogP contribution in [0.25, 0.3) is 10.8 Å². The lowest BCUT2D eigenvalue weighted by atomic mass is 9.89. The van der Waals surface area contributed by atoms with Gasteiger partial charge in [0.2, 0.25) is 0 Å². The van der Waals surface area contributed by atoms with E-state index in [1.807, 2.05) is 0 Å². The van der Waals surface area contributed by atoms with Crippen LogP contribution in [0.1, 0.15) is 39.3 Å². The quantitative estimate of drug-likeness (QED) is 0.852. The first-order valence-corrected chi connectivity index (χ1v) is 7.04. The van der Waals surface area contributed by atoms with Gasteiger partial charge >= 0.3 is 0 Å². The molecule has 106 valence electrons. The highest BCUT2D eigenvalue weighted by Gasteiger charge is 2.25. The Morgan fingerprint density at radius 2 is 2.00 bits per heavy atom.